The molecule has 0 bridgehead atoms. The number of benzene rings is 1. The summed E-state index contributed by atoms with van der Waals surface area (Å²) in [4.78, 5) is 0. The quantitative estimate of drug-likeness (QED) is 0.943. The van der Waals surface area contributed by atoms with Crippen molar-refractivity contribution in [3.63, 3.8) is 0 Å². The number of nitrogens with one attached hydrogen (secondary N) is 1. The van der Waals surface area contributed by atoms with E-state index in [4.69, 9.17) is 11.6 Å². The molecule has 0 radical (unpaired) electrons. The van der Waals surface area contributed by atoms with Gasteiger partial charge >= 0.3 is 0 Å². The second-order valence-corrected chi connectivity index (χ2v) is 4.98. The summed E-state index contributed by atoms with van der Waals surface area (Å²) in [6.45, 7) is 0. The Balaban J connectivity index is 2.50. The van der Waals surface area contributed by atoms with Gasteiger partial charge in [-0.05, 0) is 40.7 Å². The lowest BCUT2D eigenvalue weighted by Crippen LogP contribution is -2.21. The third-order valence-corrected chi connectivity index (χ3v) is 4.05. The first-order valence-electron chi connectivity index (χ1n) is 5.24. The number of hydrogen-bond acceptors (Lipinski definition) is 2. The van der Waals surface area contributed by atoms with Crippen LogP contribution < -0.4 is 5.32 Å². The molecule has 0 aliphatic rings. The Morgan fingerprint density at radius 3 is 2.76 bits per heavy atom. The molecular weight excluding hydrogens is 302 g/mol. The standard InChI is InChI=1S/C12H13BrClN3/c1-15-12(10-6-7-16-17(10)2)8-4-3-5-9(13)11(8)14/h3-7,12,15H,1-2H3. The van der Waals surface area contributed by atoms with Crippen molar-refractivity contribution in [2.24, 2.45) is 7.05 Å². The zero-order chi connectivity index (χ0) is 12.4. The van der Waals surface area contributed by atoms with Gasteiger partial charge in [0.2, 0.25) is 0 Å². The van der Waals surface area contributed by atoms with Crippen LogP contribution in [-0.2, 0) is 7.05 Å². The summed E-state index contributed by atoms with van der Waals surface area (Å²) in [7, 11) is 3.83. The van der Waals surface area contributed by atoms with Gasteiger partial charge in [0.1, 0.15) is 0 Å². The Morgan fingerprint density at radius 1 is 1.41 bits per heavy atom. The molecule has 2 rings (SSSR count). The van der Waals surface area contributed by atoms with E-state index >= 15 is 0 Å². The van der Waals surface area contributed by atoms with Crippen molar-refractivity contribution >= 4 is 27.5 Å². The largest absolute Gasteiger partial charge is 0.308 e. The molecule has 3 nitrogen and oxygen atoms in total. The molecule has 1 unspecified atom stereocenters. The van der Waals surface area contributed by atoms with Crippen molar-refractivity contribution in [1.29, 1.82) is 0 Å². The van der Waals surface area contributed by atoms with E-state index < -0.39 is 0 Å². The first kappa shape index (κ1) is 12.6. The zero-order valence-electron chi connectivity index (χ0n) is 9.61. The van der Waals surface area contributed by atoms with Crippen LogP contribution in [0, 0.1) is 0 Å². The molecule has 17 heavy (non-hydrogen) atoms. The first-order valence-corrected chi connectivity index (χ1v) is 6.41. The van der Waals surface area contributed by atoms with Crippen LogP contribution in [0.5, 0.6) is 0 Å². The number of rotatable bonds is 3. The molecule has 0 saturated heterocycles. The predicted molar refractivity (Wildman–Crippen MR) is 73.3 cm³/mol. The van der Waals surface area contributed by atoms with E-state index in [2.05, 4.69) is 26.3 Å². The second-order valence-electron chi connectivity index (χ2n) is 3.74. The molecule has 1 atom stereocenters. The van der Waals surface area contributed by atoms with E-state index in [0.29, 0.717) is 0 Å². The average molecular weight is 315 g/mol. The van der Waals surface area contributed by atoms with E-state index in [9.17, 15) is 0 Å². The maximum atomic E-state index is 6.32. The Hall–Kier alpha value is -0.840. The van der Waals surface area contributed by atoms with E-state index in [0.717, 1.165) is 20.8 Å². The Labute approximate surface area is 114 Å². The number of aryl methyl sites for hydroxylation is 1. The lowest BCUT2D eigenvalue weighted by Gasteiger charge is -2.18. The van der Waals surface area contributed by atoms with Crippen LogP contribution in [0.1, 0.15) is 17.3 Å². The van der Waals surface area contributed by atoms with Gasteiger partial charge in [-0.3, -0.25) is 4.68 Å². The van der Waals surface area contributed by atoms with Crippen LogP contribution >= 0.6 is 27.5 Å². The van der Waals surface area contributed by atoms with Gasteiger partial charge in [0, 0.05) is 17.7 Å². The smallest absolute Gasteiger partial charge is 0.0760 e. The molecule has 0 fully saturated rings. The SMILES string of the molecule is CNC(c1cccc(Br)c1Cl)c1ccnn1C. The van der Waals surface area contributed by atoms with Gasteiger partial charge in [0.05, 0.1) is 16.8 Å². The van der Waals surface area contributed by atoms with E-state index in [1.807, 2.05) is 43.0 Å². The molecule has 0 spiro atoms. The third-order valence-electron chi connectivity index (χ3n) is 2.74. The Bertz CT molecular complexity index is 524. The highest BCUT2D eigenvalue weighted by Crippen LogP contribution is 2.32. The maximum Gasteiger partial charge on any atom is 0.0760 e. The minimum absolute atomic E-state index is 0.0347. The van der Waals surface area contributed by atoms with Crippen molar-refractivity contribution in [1.82, 2.24) is 15.1 Å². The summed E-state index contributed by atoms with van der Waals surface area (Å²) in [5, 5.41) is 8.18. The zero-order valence-corrected chi connectivity index (χ0v) is 12.0. The molecule has 1 aromatic heterocycles. The fourth-order valence-corrected chi connectivity index (χ4v) is 2.49. The van der Waals surface area contributed by atoms with Crippen molar-refractivity contribution in [3.05, 3.63) is 51.2 Å². The molecule has 1 N–H and O–H groups in total. The fraction of sp³-hybridized carbons (Fsp3) is 0.250. The predicted octanol–water partition coefficient (Wildman–Crippen LogP) is 3.14. The number of hydrogen-bond donors (Lipinski definition) is 1. The van der Waals surface area contributed by atoms with Crippen molar-refractivity contribution in [2.75, 3.05) is 7.05 Å². The second kappa shape index (κ2) is 5.21. The molecule has 0 saturated carbocycles. The molecule has 0 aliphatic heterocycles. The van der Waals surface area contributed by atoms with Crippen molar-refractivity contribution < 1.29 is 0 Å². The van der Waals surface area contributed by atoms with Gasteiger partial charge in [-0.25, -0.2) is 0 Å². The number of aromatic nitrogens is 2. The minimum Gasteiger partial charge on any atom is -0.308 e. The molecule has 1 heterocycles. The van der Waals surface area contributed by atoms with Gasteiger partial charge in [-0.15, -0.1) is 0 Å². The molecule has 5 heteroatoms. The lowest BCUT2D eigenvalue weighted by atomic mass is 10.0. The van der Waals surface area contributed by atoms with Crippen LogP contribution in [0.3, 0.4) is 0 Å². The highest BCUT2D eigenvalue weighted by Gasteiger charge is 2.18. The van der Waals surface area contributed by atoms with Crippen LogP contribution in [-0.4, -0.2) is 16.8 Å². The molecule has 0 amide bonds. The maximum absolute atomic E-state index is 6.32. The average Bonchev–Trinajstić information content (AvgIpc) is 2.72. The summed E-state index contributed by atoms with van der Waals surface area (Å²) >= 11 is 9.76. The minimum atomic E-state index is 0.0347. The Kier molecular flexibility index (Phi) is 3.86. The fourth-order valence-electron chi connectivity index (χ4n) is 1.87. The summed E-state index contributed by atoms with van der Waals surface area (Å²) < 4.78 is 2.75. The molecule has 0 aliphatic carbocycles. The highest BCUT2D eigenvalue weighted by molar-refractivity contribution is 9.10. The van der Waals surface area contributed by atoms with Crippen molar-refractivity contribution in [2.45, 2.75) is 6.04 Å². The monoisotopic (exact) mass is 313 g/mol. The van der Waals surface area contributed by atoms with Gasteiger partial charge in [0.15, 0.2) is 0 Å². The Morgan fingerprint density at radius 2 is 2.18 bits per heavy atom. The summed E-state index contributed by atoms with van der Waals surface area (Å²) in [5.41, 5.74) is 2.11. The molecule has 2 aromatic rings. The van der Waals surface area contributed by atoms with Gasteiger partial charge in [-0.1, -0.05) is 23.7 Å². The first-order chi connectivity index (χ1) is 8.15. The van der Waals surface area contributed by atoms with Crippen LogP contribution in [0.2, 0.25) is 5.02 Å². The van der Waals surface area contributed by atoms with Crippen LogP contribution in [0.25, 0.3) is 0 Å². The van der Waals surface area contributed by atoms with Crippen LogP contribution in [0.4, 0.5) is 0 Å². The highest BCUT2D eigenvalue weighted by atomic mass is 79.9. The van der Waals surface area contributed by atoms with Gasteiger partial charge < -0.3 is 5.32 Å². The van der Waals surface area contributed by atoms with E-state index in [1.165, 1.54) is 0 Å². The van der Waals surface area contributed by atoms with Gasteiger partial charge in [-0.2, -0.15) is 5.10 Å². The summed E-state index contributed by atoms with van der Waals surface area (Å²) in [6, 6.07) is 7.94. The lowest BCUT2D eigenvalue weighted by molar-refractivity contribution is 0.606. The number of halogens is 2. The summed E-state index contributed by atoms with van der Waals surface area (Å²) in [6.07, 6.45) is 1.78. The van der Waals surface area contributed by atoms with Crippen LogP contribution in [0.15, 0.2) is 34.9 Å². The molecular formula is C12H13BrClN3. The third kappa shape index (κ3) is 2.39. The normalized spacial score (nSPS) is 12.7. The van der Waals surface area contributed by atoms with Crippen molar-refractivity contribution in [3.8, 4) is 0 Å². The van der Waals surface area contributed by atoms with E-state index in [1.54, 1.807) is 6.20 Å². The summed E-state index contributed by atoms with van der Waals surface area (Å²) in [5.74, 6) is 0. The van der Waals surface area contributed by atoms with Gasteiger partial charge in [0.25, 0.3) is 0 Å². The topological polar surface area (TPSA) is 29.9 Å². The molecule has 1 aromatic carbocycles. The number of nitrogens with zero attached hydrogens (tertiary/aromatic N) is 2. The molecule has 90 valence electrons. The van der Waals surface area contributed by atoms with E-state index in [-0.39, 0.29) is 6.04 Å².